The second-order valence-corrected chi connectivity index (χ2v) is 6.79. The van der Waals surface area contributed by atoms with Crippen molar-refractivity contribution in [3.63, 3.8) is 0 Å². The van der Waals surface area contributed by atoms with Gasteiger partial charge in [0.2, 0.25) is 11.8 Å². The molecule has 3 rings (SSSR count). The molecular formula is C20H28N4O3. The minimum Gasteiger partial charge on any atom is -0.496 e. The summed E-state index contributed by atoms with van der Waals surface area (Å²) < 4.78 is 10.6. The number of nitrogens with zero attached hydrogens (tertiary/aromatic N) is 4. The van der Waals surface area contributed by atoms with Gasteiger partial charge < -0.3 is 19.5 Å². The lowest BCUT2D eigenvalue weighted by atomic mass is 10.1. The van der Waals surface area contributed by atoms with Crippen molar-refractivity contribution < 1.29 is 14.6 Å². The van der Waals surface area contributed by atoms with Crippen LogP contribution in [0.1, 0.15) is 17.5 Å². The van der Waals surface area contributed by atoms with Gasteiger partial charge in [0, 0.05) is 51.1 Å². The SMILES string of the molecule is COc1ccnc(N2CCN(Cc3ccc(OC)c(C)c3)[C@H](CCO)C2)n1. The Morgan fingerprint density at radius 2 is 2.04 bits per heavy atom. The number of rotatable bonds is 7. The predicted molar refractivity (Wildman–Crippen MR) is 104 cm³/mol. The van der Waals surface area contributed by atoms with Gasteiger partial charge in [0.05, 0.1) is 14.2 Å². The molecule has 1 fully saturated rings. The Labute approximate surface area is 160 Å². The number of anilines is 1. The Morgan fingerprint density at radius 3 is 2.74 bits per heavy atom. The second kappa shape index (κ2) is 9.01. The number of aromatic nitrogens is 2. The third kappa shape index (κ3) is 4.67. The van der Waals surface area contributed by atoms with Crippen molar-refractivity contribution in [1.29, 1.82) is 0 Å². The summed E-state index contributed by atoms with van der Waals surface area (Å²) in [5.74, 6) is 2.15. The summed E-state index contributed by atoms with van der Waals surface area (Å²) in [4.78, 5) is 13.4. The molecule has 1 atom stereocenters. The van der Waals surface area contributed by atoms with Gasteiger partial charge in [0.1, 0.15) is 5.75 Å². The standard InChI is InChI=1S/C20H28N4O3/c1-15-12-16(4-5-18(15)26-2)13-23-9-10-24(14-17(23)7-11-25)20-21-8-6-19(22-20)27-3/h4-6,8,12,17,25H,7,9-11,13-14H2,1-3H3/t17-/m1/s1. The van der Waals surface area contributed by atoms with Crippen LogP contribution in [0.2, 0.25) is 0 Å². The highest BCUT2D eigenvalue weighted by molar-refractivity contribution is 5.37. The maximum atomic E-state index is 9.54. The summed E-state index contributed by atoms with van der Waals surface area (Å²) in [5.41, 5.74) is 2.39. The minimum atomic E-state index is 0.162. The Bertz CT molecular complexity index is 756. The van der Waals surface area contributed by atoms with E-state index in [4.69, 9.17) is 9.47 Å². The first-order chi connectivity index (χ1) is 13.1. The Kier molecular flexibility index (Phi) is 6.47. The highest BCUT2D eigenvalue weighted by atomic mass is 16.5. The number of methoxy groups -OCH3 is 2. The largest absolute Gasteiger partial charge is 0.496 e. The van der Waals surface area contributed by atoms with Crippen LogP contribution in [-0.2, 0) is 6.54 Å². The average molecular weight is 372 g/mol. The minimum absolute atomic E-state index is 0.162. The van der Waals surface area contributed by atoms with Gasteiger partial charge in [-0.3, -0.25) is 4.90 Å². The van der Waals surface area contributed by atoms with Crippen molar-refractivity contribution in [2.45, 2.75) is 25.9 Å². The van der Waals surface area contributed by atoms with Crippen molar-refractivity contribution in [3.05, 3.63) is 41.6 Å². The van der Waals surface area contributed by atoms with E-state index >= 15 is 0 Å². The molecule has 2 heterocycles. The molecule has 27 heavy (non-hydrogen) atoms. The fourth-order valence-corrected chi connectivity index (χ4v) is 3.58. The first kappa shape index (κ1) is 19.4. The van der Waals surface area contributed by atoms with E-state index in [1.165, 1.54) is 5.56 Å². The molecule has 146 valence electrons. The molecule has 1 N–H and O–H groups in total. The van der Waals surface area contributed by atoms with E-state index < -0.39 is 0 Å². The van der Waals surface area contributed by atoms with Crippen molar-refractivity contribution in [3.8, 4) is 11.6 Å². The number of aryl methyl sites for hydroxylation is 1. The van der Waals surface area contributed by atoms with E-state index in [-0.39, 0.29) is 12.6 Å². The fourth-order valence-electron chi connectivity index (χ4n) is 3.58. The number of aliphatic hydroxyl groups excluding tert-OH is 1. The van der Waals surface area contributed by atoms with Gasteiger partial charge >= 0.3 is 0 Å². The topological polar surface area (TPSA) is 71.0 Å². The van der Waals surface area contributed by atoms with Crippen molar-refractivity contribution in [1.82, 2.24) is 14.9 Å². The van der Waals surface area contributed by atoms with Crippen LogP contribution in [-0.4, -0.2) is 66.5 Å². The molecule has 1 aromatic heterocycles. The van der Waals surface area contributed by atoms with Crippen LogP contribution in [0.4, 0.5) is 5.95 Å². The molecule has 1 aliphatic rings. The normalized spacial score (nSPS) is 17.8. The Balaban J connectivity index is 1.71. The van der Waals surface area contributed by atoms with Gasteiger partial charge in [-0.1, -0.05) is 12.1 Å². The monoisotopic (exact) mass is 372 g/mol. The smallest absolute Gasteiger partial charge is 0.228 e. The van der Waals surface area contributed by atoms with E-state index in [2.05, 4.69) is 38.8 Å². The lowest BCUT2D eigenvalue weighted by Crippen LogP contribution is -2.53. The zero-order chi connectivity index (χ0) is 19.2. The number of hydrogen-bond acceptors (Lipinski definition) is 7. The molecule has 1 aliphatic heterocycles. The summed E-state index contributed by atoms with van der Waals surface area (Å²) >= 11 is 0. The van der Waals surface area contributed by atoms with Gasteiger partial charge in [0.25, 0.3) is 0 Å². The first-order valence-electron chi connectivity index (χ1n) is 9.25. The van der Waals surface area contributed by atoms with E-state index in [0.29, 0.717) is 11.8 Å². The molecule has 0 saturated carbocycles. The maximum absolute atomic E-state index is 9.54. The van der Waals surface area contributed by atoms with Gasteiger partial charge in [-0.25, -0.2) is 4.98 Å². The van der Waals surface area contributed by atoms with Crippen molar-refractivity contribution in [2.24, 2.45) is 0 Å². The van der Waals surface area contributed by atoms with Crippen LogP contribution < -0.4 is 14.4 Å². The van der Waals surface area contributed by atoms with Crippen LogP contribution >= 0.6 is 0 Å². The Hall–Kier alpha value is -2.38. The molecule has 0 bridgehead atoms. The van der Waals surface area contributed by atoms with Crippen LogP contribution in [0.5, 0.6) is 11.6 Å². The second-order valence-electron chi connectivity index (χ2n) is 6.79. The summed E-state index contributed by atoms with van der Waals surface area (Å²) in [7, 11) is 3.30. The van der Waals surface area contributed by atoms with Crippen LogP contribution in [0.15, 0.2) is 30.5 Å². The average Bonchev–Trinajstić information content (AvgIpc) is 2.69. The molecule has 2 aromatic rings. The van der Waals surface area contributed by atoms with E-state index in [9.17, 15) is 5.11 Å². The van der Waals surface area contributed by atoms with Gasteiger partial charge in [-0.2, -0.15) is 4.98 Å². The van der Waals surface area contributed by atoms with Crippen molar-refractivity contribution >= 4 is 5.95 Å². The molecule has 7 nitrogen and oxygen atoms in total. The quantitative estimate of drug-likeness (QED) is 0.796. The molecule has 0 aliphatic carbocycles. The number of ether oxygens (including phenoxy) is 2. The number of piperazine rings is 1. The van der Waals surface area contributed by atoms with Crippen molar-refractivity contribution in [2.75, 3.05) is 45.4 Å². The first-order valence-corrected chi connectivity index (χ1v) is 9.25. The van der Waals surface area contributed by atoms with Gasteiger partial charge in [-0.05, 0) is 30.5 Å². The molecule has 0 spiro atoms. The number of hydrogen-bond donors (Lipinski definition) is 1. The summed E-state index contributed by atoms with van der Waals surface area (Å²) in [6.07, 6.45) is 2.43. The summed E-state index contributed by atoms with van der Waals surface area (Å²) in [6, 6.07) is 8.29. The van der Waals surface area contributed by atoms with E-state index in [0.717, 1.165) is 43.9 Å². The lowest BCUT2D eigenvalue weighted by Gasteiger charge is -2.41. The summed E-state index contributed by atoms with van der Waals surface area (Å²) in [6.45, 7) is 5.58. The van der Waals surface area contributed by atoms with Gasteiger partial charge in [-0.15, -0.1) is 0 Å². The highest BCUT2D eigenvalue weighted by Gasteiger charge is 2.28. The van der Waals surface area contributed by atoms with Crippen LogP contribution in [0, 0.1) is 6.92 Å². The lowest BCUT2D eigenvalue weighted by molar-refractivity contribution is 0.134. The zero-order valence-electron chi connectivity index (χ0n) is 16.3. The molecule has 0 amide bonds. The van der Waals surface area contributed by atoms with E-state index in [1.807, 2.05) is 6.07 Å². The maximum Gasteiger partial charge on any atom is 0.228 e. The van der Waals surface area contributed by atoms with Gasteiger partial charge in [0.15, 0.2) is 0 Å². The number of aliphatic hydroxyl groups is 1. The zero-order valence-corrected chi connectivity index (χ0v) is 16.3. The highest BCUT2D eigenvalue weighted by Crippen LogP contribution is 2.23. The Morgan fingerprint density at radius 1 is 1.19 bits per heavy atom. The molecule has 0 unspecified atom stereocenters. The molecule has 1 aromatic carbocycles. The third-order valence-electron chi connectivity index (χ3n) is 5.02. The summed E-state index contributed by atoms with van der Waals surface area (Å²) in [5, 5.41) is 9.54. The molecule has 0 radical (unpaired) electrons. The fraction of sp³-hybridized carbons (Fsp3) is 0.500. The molecule has 7 heteroatoms. The van der Waals surface area contributed by atoms with Crippen LogP contribution in [0.3, 0.4) is 0 Å². The van der Waals surface area contributed by atoms with Crippen LogP contribution in [0.25, 0.3) is 0 Å². The van der Waals surface area contributed by atoms with E-state index in [1.54, 1.807) is 26.5 Å². The molecular weight excluding hydrogens is 344 g/mol. The number of benzene rings is 1. The third-order valence-corrected chi connectivity index (χ3v) is 5.02. The molecule has 1 saturated heterocycles. The predicted octanol–water partition coefficient (Wildman–Crippen LogP) is 1.88.